The number of hydrogen-bond donors (Lipinski definition) is 0. The van der Waals surface area contributed by atoms with Gasteiger partial charge in [0.15, 0.2) is 0 Å². The zero-order valence-corrected chi connectivity index (χ0v) is 7.61. The molecule has 0 saturated heterocycles. The van der Waals surface area contributed by atoms with E-state index >= 15 is 0 Å². The van der Waals surface area contributed by atoms with Crippen molar-refractivity contribution < 1.29 is 9.21 Å². The summed E-state index contributed by atoms with van der Waals surface area (Å²) in [5.41, 5.74) is 0. The Hall–Kier alpha value is -0.770. The van der Waals surface area contributed by atoms with E-state index in [1.807, 2.05) is 5.16 Å². The third kappa shape index (κ3) is 1.83. The molecule has 0 radical (unpaired) electrons. The summed E-state index contributed by atoms with van der Waals surface area (Å²) >= 11 is 7.35. The third-order valence-corrected chi connectivity index (χ3v) is 1.67. The van der Waals surface area contributed by atoms with Gasteiger partial charge >= 0.3 is 5.91 Å². The number of halogens is 1. The molecule has 0 aliphatic rings. The smallest absolute Gasteiger partial charge is 0.322 e. The molecule has 1 rings (SSSR count). The van der Waals surface area contributed by atoms with Gasteiger partial charge in [-0.15, -0.1) is 4.99 Å². The van der Waals surface area contributed by atoms with E-state index in [2.05, 4.69) is 33.1 Å². The van der Waals surface area contributed by atoms with Crippen LogP contribution in [0.25, 0.3) is 0 Å². The lowest BCUT2D eigenvalue weighted by molar-refractivity contribution is 0.0976. The van der Waals surface area contributed by atoms with Crippen molar-refractivity contribution in [2.75, 3.05) is 0 Å². The molecule has 56 valence electrons. The highest BCUT2D eigenvalue weighted by atomic mass is 79.9. The maximum Gasteiger partial charge on any atom is 0.322 e. The highest BCUT2D eigenvalue weighted by Crippen LogP contribution is 2.17. The van der Waals surface area contributed by atoms with Gasteiger partial charge < -0.3 is 4.42 Å². The Kier molecular flexibility index (Phi) is 2.70. The summed E-state index contributed by atoms with van der Waals surface area (Å²) in [5.74, 6) is -0.390. The number of amides is 1. The van der Waals surface area contributed by atoms with Crippen molar-refractivity contribution >= 4 is 39.2 Å². The molecule has 0 unspecified atom stereocenters. The summed E-state index contributed by atoms with van der Waals surface area (Å²) in [6.07, 6.45) is 1.39. The first-order chi connectivity index (χ1) is 5.25. The van der Waals surface area contributed by atoms with E-state index < -0.39 is 5.91 Å². The molecule has 0 N–H and O–H groups in total. The van der Waals surface area contributed by atoms with Gasteiger partial charge in [-0.1, -0.05) is 0 Å². The minimum atomic E-state index is -0.531. The molecule has 5 heteroatoms. The second-order valence-electron chi connectivity index (χ2n) is 1.61. The molecule has 0 aliphatic carbocycles. The van der Waals surface area contributed by atoms with Gasteiger partial charge in [0.25, 0.3) is 0 Å². The first kappa shape index (κ1) is 8.33. The average molecular weight is 232 g/mol. The Morgan fingerprint density at radius 1 is 1.82 bits per heavy atom. The molecule has 0 fully saturated rings. The summed E-state index contributed by atoms with van der Waals surface area (Å²) < 4.78 is 5.37. The van der Waals surface area contributed by atoms with E-state index in [0.717, 1.165) is 0 Å². The molecule has 0 spiro atoms. The second-order valence-corrected chi connectivity index (χ2v) is 2.64. The molecule has 1 aromatic heterocycles. The van der Waals surface area contributed by atoms with Crippen molar-refractivity contribution in [1.82, 2.24) is 0 Å². The van der Waals surface area contributed by atoms with Gasteiger partial charge in [0.1, 0.15) is 0 Å². The van der Waals surface area contributed by atoms with Crippen LogP contribution >= 0.6 is 28.1 Å². The lowest BCUT2D eigenvalue weighted by Crippen LogP contribution is -1.91. The minimum Gasteiger partial charge on any atom is -0.458 e. The Labute approximate surface area is 76.2 Å². The maximum atomic E-state index is 10.9. The zero-order valence-electron chi connectivity index (χ0n) is 5.20. The van der Waals surface area contributed by atoms with Crippen molar-refractivity contribution in [2.24, 2.45) is 4.99 Å². The summed E-state index contributed by atoms with van der Waals surface area (Å²) in [6, 6.07) is 1.60. The van der Waals surface area contributed by atoms with Gasteiger partial charge in [-0.05, 0) is 34.2 Å². The lowest BCUT2D eigenvalue weighted by atomic mass is 10.4. The molecular weight excluding hydrogens is 230 g/mol. The van der Waals surface area contributed by atoms with Crippen LogP contribution in [0.1, 0.15) is 10.6 Å². The van der Waals surface area contributed by atoms with Crippen LogP contribution in [-0.2, 0) is 0 Å². The number of isothiocyanates is 1. The van der Waals surface area contributed by atoms with Crippen molar-refractivity contribution in [1.29, 1.82) is 0 Å². The quantitative estimate of drug-likeness (QED) is 0.551. The number of furan rings is 1. The monoisotopic (exact) mass is 231 g/mol. The highest BCUT2D eigenvalue weighted by molar-refractivity contribution is 9.10. The maximum absolute atomic E-state index is 10.9. The molecule has 0 saturated carbocycles. The summed E-state index contributed by atoms with van der Waals surface area (Å²) in [7, 11) is 0. The molecule has 0 atom stereocenters. The van der Waals surface area contributed by atoms with E-state index in [1.165, 1.54) is 6.26 Å². The van der Waals surface area contributed by atoms with E-state index in [-0.39, 0.29) is 5.76 Å². The number of thiocarbonyl (C=S) groups is 1. The largest absolute Gasteiger partial charge is 0.458 e. The highest BCUT2D eigenvalue weighted by Gasteiger charge is 2.11. The fourth-order valence-corrected chi connectivity index (χ4v) is 0.992. The SMILES string of the molecule is O=C(N=C=S)c1occc1Br. The van der Waals surface area contributed by atoms with Crippen LogP contribution in [0.15, 0.2) is 26.2 Å². The topological polar surface area (TPSA) is 42.6 Å². The molecule has 1 heterocycles. The van der Waals surface area contributed by atoms with Crippen molar-refractivity contribution in [3.05, 3.63) is 22.6 Å². The number of nitrogens with zero attached hydrogens (tertiary/aromatic N) is 1. The number of rotatable bonds is 1. The number of carbonyl (C=O) groups excluding carboxylic acids is 1. The molecule has 0 bridgehead atoms. The van der Waals surface area contributed by atoms with Crippen molar-refractivity contribution in [3.8, 4) is 0 Å². The van der Waals surface area contributed by atoms with Crippen LogP contribution in [0.3, 0.4) is 0 Å². The van der Waals surface area contributed by atoms with Gasteiger partial charge in [-0.3, -0.25) is 4.79 Å². The van der Waals surface area contributed by atoms with Crippen LogP contribution in [0.5, 0.6) is 0 Å². The van der Waals surface area contributed by atoms with E-state index in [9.17, 15) is 4.79 Å². The lowest BCUT2D eigenvalue weighted by Gasteiger charge is -1.85. The minimum absolute atomic E-state index is 0.141. The zero-order chi connectivity index (χ0) is 8.27. The molecule has 1 aromatic rings. The molecule has 11 heavy (non-hydrogen) atoms. The molecular formula is C6H2BrNO2S. The normalized spacial score (nSPS) is 8.82. The van der Waals surface area contributed by atoms with Gasteiger partial charge in [0.2, 0.25) is 5.76 Å². The van der Waals surface area contributed by atoms with E-state index in [0.29, 0.717) is 4.47 Å². The van der Waals surface area contributed by atoms with E-state index in [4.69, 9.17) is 4.42 Å². The fraction of sp³-hybridized carbons (Fsp3) is 0. The Morgan fingerprint density at radius 3 is 3.00 bits per heavy atom. The predicted octanol–water partition coefficient (Wildman–Crippen LogP) is 2.29. The Balaban J connectivity index is 3.02. The van der Waals surface area contributed by atoms with Crippen molar-refractivity contribution in [3.63, 3.8) is 0 Å². The van der Waals surface area contributed by atoms with Gasteiger partial charge in [0, 0.05) is 0 Å². The van der Waals surface area contributed by atoms with E-state index in [1.54, 1.807) is 6.07 Å². The molecule has 1 amide bonds. The Bertz CT molecular complexity index is 327. The van der Waals surface area contributed by atoms with Gasteiger partial charge in [-0.2, -0.15) is 0 Å². The predicted molar refractivity (Wildman–Crippen MR) is 45.8 cm³/mol. The number of carbonyl (C=O) groups is 1. The van der Waals surface area contributed by atoms with Gasteiger partial charge in [-0.25, -0.2) is 0 Å². The first-order valence-electron chi connectivity index (χ1n) is 2.61. The molecule has 0 aliphatic heterocycles. The molecule has 3 nitrogen and oxygen atoms in total. The van der Waals surface area contributed by atoms with Crippen LogP contribution in [0.2, 0.25) is 0 Å². The van der Waals surface area contributed by atoms with Crippen LogP contribution in [0.4, 0.5) is 0 Å². The number of hydrogen-bond acceptors (Lipinski definition) is 3. The standard InChI is InChI=1S/C6H2BrNO2S/c7-4-1-2-10-5(4)6(9)8-3-11/h1-2H. The van der Waals surface area contributed by atoms with Crippen LogP contribution in [0, 0.1) is 0 Å². The van der Waals surface area contributed by atoms with Crippen molar-refractivity contribution in [2.45, 2.75) is 0 Å². The Morgan fingerprint density at radius 2 is 2.55 bits per heavy atom. The third-order valence-electron chi connectivity index (χ3n) is 0.959. The van der Waals surface area contributed by atoms with Crippen LogP contribution < -0.4 is 0 Å². The fourth-order valence-electron chi connectivity index (χ4n) is 0.539. The summed E-state index contributed by atoms with van der Waals surface area (Å²) in [6.45, 7) is 0. The average Bonchev–Trinajstić information content (AvgIpc) is 2.36. The van der Waals surface area contributed by atoms with Crippen LogP contribution in [-0.4, -0.2) is 11.1 Å². The second kappa shape index (κ2) is 3.57. The number of aliphatic imine (C=N–C) groups is 1. The van der Waals surface area contributed by atoms with Gasteiger partial charge in [0.05, 0.1) is 15.9 Å². The molecule has 0 aromatic carbocycles. The summed E-state index contributed by atoms with van der Waals surface area (Å²) in [5, 5.41) is 1.96. The summed E-state index contributed by atoms with van der Waals surface area (Å²) in [4.78, 5) is 14.1. The first-order valence-corrected chi connectivity index (χ1v) is 3.81.